The molecule has 1 saturated carbocycles. The number of hydrogen-bond donors (Lipinski definition) is 2. The van der Waals surface area contributed by atoms with Crippen molar-refractivity contribution in [2.24, 2.45) is 5.92 Å². The van der Waals surface area contributed by atoms with Gasteiger partial charge in [-0.3, -0.25) is 4.79 Å². The van der Waals surface area contributed by atoms with Crippen molar-refractivity contribution in [3.8, 4) is 0 Å². The zero-order valence-electron chi connectivity index (χ0n) is 10.0. The van der Waals surface area contributed by atoms with Gasteiger partial charge in [0.1, 0.15) is 0 Å². The molecule has 0 aromatic heterocycles. The highest BCUT2D eigenvalue weighted by molar-refractivity contribution is 5.76. The summed E-state index contributed by atoms with van der Waals surface area (Å²) < 4.78 is 0. The molecule has 4 heteroatoms. The van der Waals surface area contributed by atoms with E-state index >= 15 is 0 Å². The summed E-state index contributed by atoms with van der Waals surface area (Å²) in [5.74, 6) is 0.946. The van der Waals surface area contributed by atoms with Crippen LogP contribution in [0.4, 0.5) is 0 Å². The summed E-state index contributed by atoms with van der Waals surface area (Å²) in [5.41, 5.74) is 0. The van der Waals surface area contributed by atoms with Crippen LogP contribution in [0, 0.1) is 5.92 Å². The van der Waals surface area contributed by atoms with E-state index in [4.69, 9.17) is 0 Å². The van der Waals surface area contributed by atoms with Gasteiger partial charge in [0.15, 0.2) is 0 Å². The smallest absolute Gasteiger partial charge is 0.221 e. The van der Waals surface area contributed by atoms with Gasteiger partial charge in [0.05, 0.1) is 0 Å². The highest BCUT2D eigenvalue weighted by Crippen LogP contribution is 2.34. The Hall–Kier alpha value is -0.610. The summed E-state index contributed by atoms with van der Waals surface area (Å²) in [7, 11) is 6.03. The molecule has 0 aromatic rings. The van der Waals surface area contributed by atoms with Crippen molar-refractivity contribution in [1.29, 1.82) is 0 Å². The second kappa shape index (κ2) is 6.08. The summed E-state index contributed by atoms with van der Waals surface area (Å²) in [5, 5.41) is 5.97. The molecule has 0 aliphatic heterocycles. The normalized spacial score (nSPS) is 17.9. The molecule has 4 nitrogen and oxygen atoms in total. The SMILES string of the molecule is CNCCC(=O)NCC(C1CC1)N(C)C. The highest BCUT2D eigenvalue weighted by Gasteiger charge is 2.32. The van der Waals surface area contributed by atoms with E-state index < -0.39 is 0 Å². The van der Waals surface area contributed by atoms with Crippen LogP contribution in [0.3, 0.4) is 0 Å². The molecule has 0 heterocycles. The minimum atomic E-state index is 0.150. The summed E-state index contributed by atoms with van der Waals surface area (Å²) in [6, 6.07) is 0.517. The van der Waals surface area contributed by atoms with Crippen LogP contribution in [-0.4, -0.2) is 51.1 Å². The molecular formula is C11H23N3O. The molecular weight excluding hydrogens is 190 g/mol. The van der Waals surface area contributed by atoms with Crippen molar-refractivity contribution in [2.75, 3.05) is 34.2 Å². The monoisotopic (exact) mass is 213 g/mol. The molecule has 1 aliphatic rings. The molecule has 2 N–H and O–H groups in total. The molecule has 1 aliphatic carbocycles. The third-order valence-corrected chi connectivity index (χ3v) is 2.94. The highest BCUT2D eigenvalue weighted by atomic mass is 16.1. The quantitative estimate of drug-likeness (QED) is 0.628. The van der Waals surface area contributed by atoms with Crippen molar-refractivity contribution in [3.05, 3.63) is 0 Å². The molecule has 1 fully saturated rings. The first-order valence-corrected chi connectivity index (χ1v) is 5.73. The average Bonchev–Trinajstić information content (AvgIpc) is 2.98. The largest absolute Gasteiger partial charge is 0.354 e. The van der Waals surface area contributed by atoms with Gasteiger partial charge < -0.3 is 15.5 Å². The molecule has 1 atom stereocenters. The second-order valence-corrected chi connectivity index (χ2v) is 4.53. The minimum Gasteiger partial charge on any atom is -0.354 e. The third-order valence-electron chi connectivity index (χ3n) is 2.94. The Morgan fingerprint density at radius 3 is 2.60 bits per heavy atom. The minimum absolute atomic E-state index is 0.150. The van der Waals surface area contributed by atoms with Crippen LogP contribution < -0.4 is 10.6 Å². The lowest BCUT2D eigenvalue weighted by atomic mass is 10.1. The van der Waals surface area contributed by atoms with Crippen molar-refractivity contribution in [1.82, 2.24) is 15.5 Å². The first kappa shape index (κ1) is 12.5. The number of carbonyl (C=O) groups excluding carboxylic acids is 1. The van der Waals surface area contributed by atoms with E-state index in [2.05, 4.69) is 29.6 Å². The van der Waals surface area contributed by atoms with Crippen LogP contribution in [0.25, 0.3) is 0 Å². The van der Waals surface area contributed by atoms with Gasteiger partial charge in [-0.15, -0.1) is 0 Å². The summed E-state index contributed by atoms with van der Waals surface area (Å²) in [4.78, 5) is 13.6. The Morgan fingerprint density at radius 1 is 1.47 bits per heavy atom. The van der Waals surface area contributed by atoms with Crippen LogP contribution in [0.15, 0.2) is 0 Å². The number of nitrogens with one attached hydrogen (secondary N) is 2. The first-order valence-electron chi connectivity index (χ1n) is 5.73. The van der Waals surface area contributed by atoms with Crippen molar-refractivity contribution in [3.63, 3.8) is 0 Å². The molecule has 1 rings (SSSR count). The molecule has 0 saturated heterocycles. The predicted octanol–water partition coefficient (Wildman–Crippen LogP) is 0.0523. The van der Waals surface area contributed by atoms with Gasteiger partial charge >= 0.3 is 0 Å². The first-order chi connectivity index (χ1) is 7.15. The third kappa shape index (κ3) is 4.62. The second-order valence-electron chi connectivity index (χ2n) is 4.53. The fraction of sp³-hybridized carbons (Fsp3) is 0.909. The number of likely N-dealkylation sites (N-methyl/N-ethyl adjacent to an activating group) is 1. The van der Waals surface area contributed by atoms with E-state index in [0.717, 1.165) is 19.0 Å². The van der Waals surface area contributed by atoms with Gasteiger partial charge in [0.25, 0.3) is 0 Å². The van der Waals surface area contributed by atoms with Gasteiger partial charge in [-0.1, -0.05) is 0 Å². The lowest BCUT2D eigenvalue weighted by molar-refractivity contribution is -0.121. The zero-order chi connectivity index (χ0) is 11.3. The van der Waals surface area contributed by atoms with E-state index in [1.165, 1.54) is 12.8 Å². The topological polar surface area (TPSA) is 44.4 Å². The molecule has 0 aromatic carbocycles. The van der Waals surface area contributed by atoms with Gasteiger partial charge in [-0.2, -0.15) is 0 Å². The van der Waals surface area contributed by atoms with Crippen LogP contribution in [0.2, 0.25) is 0 Å². The Balaban J connectivity index is 2.18. The number of nitrogens with zero attached hydrogens (tertiary/aromatic N) is 1. The maximum absolute atomic E-state index is 11.4. The molecule has 0 bridgehead atoms. The Labute approximate surface area is 92.4 Å². The molecule has 1 unspecified atom stereocenters. The fourth-order valence-corrected chi connectivity index (χ4v) is 1.80. The van der Waals surface area contributed by atoms with Crippen LogP contribution in [0.5, 0.6) is 0 Å². The molecule has 1 amide bonds. The number of rotatable bonds is 7. The van der Waals surface area contributed by atoms with E-state index in [9.17, 15) is 4.79 Å². The fourth-order valence-electron chi connectivity index (χ4n) is 1.80. The maximum Gasteiger partial charge on any atom is 0.221 e. The van der Waals surface area contributed by atoms with E-state index in [0.29, 0.717) is 12.5 Å². The maximum atomic E-state index is 11.4. The van der Waals surface area contributed by atoms with Gasteiger partial charge in [0, 0.05) is 25.6 Å². The van der Waals surface area contributed by atoms with Crippen LogP contribution in [0.1, 0.15) is 19.3 Å². The lowest BCUT2D eigenvalue weighted by Crippen LogP contribution is -2.42. The van der Waals surface area contributed by atoms with Crippen molar-refractivity contribution >= 4 is 5.91 Å². The lowest BCUT2D eigenvalue weighted by Gasteiger charge is -2.24. The molecule has 0 radical (unpaired) electrons. The van der Waals surface area contributed by atoms with Crippen LogP contribution >= 0.6 is 0 Å². The molecule has 15 heavy (non-hydrogen) atoms. The Morgan fingerprint density at radius 2 is 2.13 bits per heavy atom. The summed E-state index contributed by atoms with van der Waals surface area (Å²) >= 11 is 0. The predicted molar refractivity (Wildman–Crippen MR) is 61.8 cm³/mol. The van der Waals surface area contributed by atoms with Crippen molar-refractivity contribution in [2.45, 2.75) is 25.3 Å². The van der Waals surface area contributed by atoms with Crippen molar-refractivity contribution < 1.29 is 4.79 Å². The average molecular weight is 213 g/mol. The number of amides is 1. The van der Waals surface area contributed by atoms with Gasteiger partial charge in [-0.05, 0) is 39.9 Å². The van der Waals surface area contributed by atoms with E-state index in [1.807, 2.05) is 7.05 Å². The number of carbonyl (C=O) groups is 1. The summed E-state index contributed by atoms with van der Waals surface area (Å²) in [6.45, 7) is 1.54. The Kier molecular flexibility index (Phi) is 5.05. The number of hydrogen-bond acceptors (Lipinski definition) is 3. The molecule has 88 valence electrons. The summed E-state index contributed by atoms with van der Waals surface area (Å²) in [6.07, 6.45) is 3.20. The Bertz CT molecular complexity index is 200. The standard InChI is InChI=1S/C11H23N3O/c1-12-7-6-11(15)13-8-10(14(2)3)9-4-5-9/h9-10,12H,4-8H2,1-3H3,(H,13,15). The van der Waals surface area contributed by atoms with E-state index in [1.54, 1.807) is 0 Å². The van der Waals surface area contributed by atoms with Gasteiger partial charge in [-0.25, -0.2) is 0 Å². The van der Waals surface area contributed by atoms with Crippen LogP contribution in [-0.2, 0) is 4.79 Å². The molecule has 0 spiro atoms. The van der Waals surface area contributed by atoms with E-state index in [-0.39, 0.29) is 5.91 Å². The van der Waals surface area contributed by atoms with Gasteiger partial charge in [0.2, 0.25) is 5.91 Å². The zero-order valence-corrected chi connectivity index (χ0v) is 10.0.